The van der Waals surface area contributed by atoms with Gasteiger partial charge in [-0.2, -0.15) is 0 Å². The summed E-state index contributed by atoms with van der Waals surface area (Å²) in [5, 5.41) is 3.01. The third kappa shape index (κ3) is 3.31. The Morgan fingerprint density at radius 2 is 2.00 bits per heavy atom. The zero-order valence-corrected chi connectivity index (χ0v) is 13.7. The molecule has 1 aliphatic carbocycles. The lowest BCUT2D eigenvalue weighted by Gasteiger charge is -2.17. The average Bonchev–Trinajstić information content (AvgIpc) is 3.13. The van der Waals surface area contributed by atoms with Crippen LogP contribution in [0.4, 0.5) is 10.1 Å². The fourth-order valence-corrected chi connectivity index (χ4v) is 3.66. The van der Waals surface area contributed by atoms with Crippen LogP contribution in [-0.2, 0) is 0 Å². The molecule has 0 unspecified atom stereocenters. The fraction of sp³-hybridized carbons (Fsp3) is 0.421. The first-order valence-corrected chi connectivity index (χ1v) is 8.27. The Morgan fingerprint density at radius 1 is 1.26 bits per heavy atom. The summed E-state index contributed by atoms with van der Waals surface area (Å²) in [6, 6.07) is 8.71. The van der Waals surface area contributed by atoms with E-state index in [-0.39, 0.29) is 18.1 Å². The summed E-state index contributed by atoms with van der Waals surface area (Å²) in [6.07, 6.45) is 4.94. The van der Waals surface area contributed by atoms with Gasteiger partial charge < -0.3 is 9.88 Å². The maximum absolute atomic E-state index is 13.2. The lowest BCUT2D eigenvalue weighted by Crippen LogP contribution is -2.15. The van der Waals surface area contributed by atoms with Gasteiger partial charge in [-0.15, -0.1) is 0 Å². The van der Waals surface area contributed by atoms with Crippen LogP contribution in [0.5, 0.6) is 0 Å². The Labute approximate surface area is 136 Å². The molecule has 1 N–H and O–H groups in total. The van der Waals surface area contributed by atoms with Gasteiger partial charge in [0, 0.05) is 28.7 Å². The molecule has 0 aliphatic heterocycles. The van der Waals surface area contributed by atoms with Gasteiger partial charge in [0.15, 0.2) is 5.78 Å². The first kappa shape index (κ1) is 15.8. The molecule has 0 spiro atoms. The number of ketones is 1. The average molecular weight is 314 g/mol. The van der Waals surface area contributed by atoms with Crippen molar-refractivity contribution in [3.05, 3.63) is 53.1 Å². The molecule has 0 saturated heterocycles. The molecule has 1 aromatic heterocycles. The predicted octanol–water partition coefficient (Wildman–Crippen LogP) is 4.65. The molecule has 4 heteroatoms. The number of hydrogen-bond acceptors (Lipinski definition) is 2. The number of hydrogen-bond donors (Lipinski definition) is 1. The first-order chi connectivity index (χ1) is 11.1. The standard InChI is InChI=1S/C19H23FN2O/c1-13-10-18(14(2)22(13)17-8-3-4-9-17)19(23)12-21-16-7-5-6-15(20)11-16/h5-7,10-11,17,21H,3-4,8-9,12H2,1-2H3. The highest BCUT2D eigenvalue weighted by molar-refractivity contribution is 6.00. The van der Waals surface area contributed by atoms with Crippen molar-refractivity contribution in [1.82, 2.24) is 4.57 Å². The second kappa shape index (κ2) is 6.57. The molecule has 0 atom stereocenters. The van der Waals surface area contributed by atoms with Crippen LogP contribution in [-0.4, -0.2) is 16.9 Å². The monoisotopic (exact) mass is 314 g/mol. The van der Waals surface area contributed by atoms with Gasteiger partial charge in [0.05, 0.1) is 6.54 Å². The van der Waals surface area contributed by atoms with Gasteiger partial charge in [0.1, 0.15) is 5.82 Å². The molecule has 1 aliphatic rings. The fourth-order valence-electron chi connectivity index (χ4n) is 3.66. The molecule has 0 radical (unpaired) electrons. The van der Waals surface area contributed by atoms with Crippen LogP contribution in [0.25, 0.3) is 0 Å². The Balaban J connectivity index is 1.73. The van der Waals surface area contributed by atoms with Gasteiger partial charge in [-0.25, -0.2) is 4.39 Å². The van der Waals surface area contributed by atoms with E-state index in [4.69, 9.17) is 0 Å². The lowest BCUT2D eigenvalue weighted by atomic mass is 10.1. The zero-order valence-electron chi connectivity index (χ0n) is 13.7. The van der Waals surface area contributed by atoms with Gasteiger partial charge in [-0.3, -0.25) is 4.79 Å². The second-order valence-corrected chi connectivity index (χ2v) is 6.38. The normalized spacial score (nSPS) is 15.1. The number of nitrogens with one attached hydrogen (secondary N) is 1. The summed E-state index contributed by atoms with van der Waals surface area (Å²) in [5.74, 6) is -0.256. The highest BCUT2D eigenvalue weighted by Gasteiger charge is 2.23. The molecule has 1 aromatic carbocycles. The number of carbonyl (C=O) groups is 1. The van der Waals surface area contributed by atoms with Crippen LogP contribution >= 0.6 is 0 Å². The lowest BCUT2D eigenvalue weighted by molar-refractivity contribution is 0.101. The Bertz CT molecular complexity index is 714. The maximum atomic E-state index is 13.2. The van der Waals surface area contributed by atoms with E-state index in [0.29, 0.717) is 11.7 Å². The minimum absolute atomic E-state index is 0.0478. The summed E-state index contributed by atoms with van der Waals surface area (Å²) < 4.78 is 15.5. The Morgan fingerprint density at radius 3 is 2.70 bits per heavy atom. The van der Waals surface area contributed by atoms with E-state index in [2.05, 4.69) is 16.8 Å². The largest absolute Gasteiger partial charge is 0.377 e. The molecule has 1 saturated carbocycles. The van der Waals surface area contributed by atoms with Crippen molar-refractivity contribution in [1.29, 1.82) is 0 Å². The molecule has 2 aromatic rings. The number of nitrogens with zero attached hydrogens (tertiary/aromatic N) is 1. The molecule has 122 valence electrons. The van der Waals surface area contributed by atoms with E-state index in [9.17, 15) is 9.18 Å². The van der Waals surface area contributed by atoms with Crippen molar-refractivity contribution in [2.24, 2.45) is 0 Å². The van der Waals surface area contributed by atoms with E-state index in [1.165, 1.54) is 37.8 Å². The number of anilines is 1. The molecular formula is C19H23FN2O. The number of halogens is 1. The van der Waals surface area contributed by atoms with Crippen molar-refractivity contribution in [2.45, 2.75) is 45.6 Å². The molecule has 3 rings (SSSR count). The molecule has 0 amide bonds. The van der Waals surface area contributed by atoms with Gasteiger partial charge in [-0.1, -0.05) is 18.9 Å². The van der Waals surface area contributed by atoms with E-state index in [0.717, 1.165) is 17.0 Å². The predicted molar refractivity (Wildman–Crippen MR) is 90.6 cm³/mol. The van der Waals surface area contributed by atoms with Crippen molar-refractivity contribution < 1.29 is 9.18 Å². The molecule has 23 heavy (non-hydrogen) atoms. The number of Topliss-reactive ketones (excluding diaryl/α,β-unsaturated/α-hetero) is 1. The van der Waals surface area contributed by atoms with E-state index in [1.54, 1.807) is 12.1 Å². The molecule has 1 fully saturated rings. The minimum atomic E-state index is -0.304. The smallest absolute Gasteiger partial charge is 0.183 e. The summed E-state index contributed by atoms with van der Waals surface area (Å²) in [5.41, 5.74) is 3.62. The number of benzene rings is 1. The topological polar surface area (TPSA) is 34.0 Å². The molecular weight excluding hydrogens is 291 g/mol. The summed E-state index contributed by atoms with van der Waals surface area (Å²) in [4.78, 5) is 12.5. The third-order valence-corrected chi connectivity index (χ3v) is 4.75. The van der Waals surface area contributed by atoms with Crippen LogP contribution in [0.15, 0.2) is 30.3 Å². The number of rotatable bonds is 5. The number of carbonyl (C=O) groups excluding carboxylic acids is 1. The Kier molecular flexibility index (Phi) is 4.51. The molecule has 1 heterocycles. The van der Waals surface area contributed by atoms with Gasteiger partial charge in [0.25, 0.3) is 0 Å². The SMILES string of the molecule is Cc1cc(C(=O)CNc2cccc(F)c2)c(C)n1C1CCCC1. The van der Waals surface area contributed by atoms with Gasteiger partial charge in [-0.05, 0) is 51.0 Å². The quantitative estimate of drug-likeness (QED) is 0.815. The summed E-state index contributed by atoms with van der Waals surface area (Å²) >= 11 is 0. The van der Waals surface area contributed by atoms with Crippen LogP contribution in [0.2, 0.25) is 0 Å². The van der Waals surface area contributed by atoms with Crippen LogP contribution in [0.1, 0.15) is 53.5 Å². The summed E-state index contributed by atoms with van der Waals surface area (Å²) in [6.45, 7) is 4.28. The zero-order chi connectivity index (χ0) is 16.4. The van der Waals surface area contributed by atoms with Crippen LogP contribution < -0.4 is 5.32 Å². The van der Waals surface area contributed by atoms with Gasteiger partial charge >= 0.3 is 0 Å². The van der Waals surface area contributed by atoms with E-state index in [1.807, 2.05) is 13.0 Å². The minimum Gasteiger partial charge on any atom is -0.377 e. The number of aryl methyl sites for hydroxylation is 1. The molecule has 0 bridgehead atoms. The van der Waals surface area contributed by atoms with Crippen molar-refractivity contribution in [3.63, 3.8) is 0 Å². The van der Waals surface area contributed by atoms with Crippen LogP contribution in [0, 0.1) is 19.7 Å². The van der Waals surface area contributed by atoms with E-state index < -0.39 is 0 Å². The van der Waals surface area contributed by atoms with Crippen LogP contribution in [0.3, 0.4) is 0 Å². The molecule has 3 nitrogen and oxygen atoms in total. The van der Waals surface area contributed by atoms with Crippen molar-refractivity contribution in [3.8, 4) is 0 Å². The number of aromatic nitrogens is 1. The van der Waals surface area contributed by atoms with Crippen molar-refractivity contribution in [2.75, 3.05) is 11.9 Å². The highest BCUT2D eigenvalue weighted by atomic mass is 19.1. The van der Waals surface area contributed by atoms with Gasteiger partial charge in [0.2, 0.25) is 0 Å². The van der Waals surface area contributed by atoms with Crippen molar-refractivity contribution >= 4 is 11.5 Å². The summed E-state index contributed by atoms with van der Waals surface area (Å²) in [7, 11) is 0. The second-order valence-electron chi connectivity index (χ2n) is 6.38. The third-order valence-electron chi connectivity index (χ3n) is 4.75. The maximum Gasteiger partial charge on any atom is 0.183 e. The first-order valence-electron chi connectivity index (χ1n) is 8.27. The Hall–Kier alpha value is -2.10. The highest BCUT2D eigenvalue weighted by Crippen LogP contribution is 2.33. The van der Waals surface area contributed by atoms with E-state index >= 15 is 0 Å².